The number of anilines is 1. The number of hydrogen-bond donors (Lipinski definition) is 0. The number of morpholine rings is 1. The van der Waals surface area contributed by atoms with E-state index in [2.05, 4.69) is 26.7 Å². The first kappa shape index (κ1) is 39.0. The van der Waals surface area contributed by atoms with Gasteiger partial charge < -0.3 is 24.0 Å². The molecular formula is C42H46ClF2N7O5. The molecule has 2 aromatic heterocycles. The fourth-order valence-electron chi connectivity index (χ4n) is 8.58. The maximum atomic E-state index is 16.9. The number of rotatable bonds is 6. The van der Waals surface area contributed by atoms with Crippen molar-refractivity contribution in [1.82, 2.24) is 29.7 Å². The second kappa shape index (κ2) is 15.5. The van der Waals surface area contributed by atoms with Crippen LogP contribution in [-0.4, -0.2) is 131 Å². The average Bonchev–Trinajstić information content (AvgIpc) is 3.90. The van der Waals surface area contributed by atoms with Crippen LogP contribution >= 0.6 is 11.6 Å². The topological polar surface area (TPSA) is 113 Å². The van der Waals surface area contributed by atoms with Gasteiger partial charge in [-0.2, -0.15) is 9.97 Å². The van der Waals surface area contributed by atoms with E-state index in [0.717, 1.165) is 24.8 Å². The van der Waals surface area contributed by atoms with E-state index in [4.69, 9.17) is 30.8 Å². The lowest BCUT2D eigenvalue weighted by atomic mass is 9.95. The Balaban J connectivity index is 1.08. The maximum Gasteiger partial charge on any atom is 0.411 e. The predicted octanol–water partition coefficient (Wildman–Crippen LogP) is 6.27. The zero-order chi connectivity index (χ0) is 40.1. The van der Waals surface area contributed by atoms with Gasteiger partial charge >= 0.3 is 12.1 Å². The van der Waals surface area contributed by atoms with Gasteiger partial charge in [-0.25, -0.2) is 13.6 Å². The van der Waals surface area contributed by atoms with Crippen molar-refractivity contribution >= 4 is 51.1 Å². The maximum absolute atomic E-state index is 16.9. The summed E-state index contributed by atoms with van der Waals surface area (Å²) in [7, 11) is 1.84. The molecule has 0 saturated carbocycles. The Morgan fingerprint density at radius 3 is 2.74 bits per heavy atom. The van der Waals surface area contributed by atoms with Gasteiger partial charge in [0.25, 0.3) is 5.91 Å². The van der Waals surface area contributed by atoms with Crippen molar-refractivity contribution in [2.24, 2.45) is 0 Å². The Morgan fingerprint density at radius 2 is 1.93 bits per heavy atom. The van der Waals surface area contributed by atoms with Gasteiger partial charge in [0.2, 0.25) is 0 Å². The number of carbonyl (C=O) groups excluding carboxylic acids is 2. The summed E-state index contributed by atoms with van der Waals surface area (Å²) < 4.78 is 49.0. The molecule has 4 aromatic rings. The Morgan fingerprint density at radius 1 is 1.12 bits per heavy atom. The predicted molar refractivity (Wildman–Crippen MR) is 212 cm³/mol. The number of hydrogen-bond acceptors (Lipinski definition) is 10. The highest BCUT2D eigenvalue weighted by Crippen LogP contribution is 2.41. The molecule has 0 bridgehead atoms. The quantitative estimate of drug-likeness (QED) is 0.207. The summed E-state index contributed by atoms with van der Waals surface area (Å²) in [5, 5.41) is 2.35. The van der Waals surface area contributed by atoms with Gasteiger partial charge in [0.15, 0.2) is 5.82 Å². The molecule has 57 heavy (non-hydrogen) atoms. The highest BCUT2D eigenvalue weighted by molar-refractivity contribution is 6.36. The third-order valence-electron chi connectivity index (χ3n) is 11.4. The number of amides is 2. The van der Waals surface area contributed by atoms with Crippen molar-refractivity contribution in [2.75, 3.05) is 64.5 Å². The first-order chi connectivity index (χ1) is 27.3. The summed E-state index contributed by atoms with van der Waals surface area (Å²) in [5.74, 6) is 5.02. The molecule has 8 rings (SSSR count). The number of benzene rings is 2. The molecular weight excluding hydrogens is 756 g/mol. The molecule has 4 aliphatic heterocycles. The van der Waals surface area contributed by atoms with Gasteiger partial charge in [-0.05, 0) is 64.0 Å². The third-order valence-corrected chi connectivity index (χ3v) is 11.7. The van der Waals surface area contributed by atoms with Crippen molar-refractivity contribution in [3.63, 3.8) is 0 Å². The molecule has 15 heteroatoms. The minimum absolute atomic E-state index is 0.0208. The summed E-state index contributed by atoms with van der Waals surface area (Å²) in [6, 6.07) is 10.2. The van der Waals surface area contributed by atoms with Crippen LogP contribution in [0.4, 0.5) is 19.4 Å². The number of carbonyl (C=O) groups is 2. The smallest absolute Gasteiger partial charge is 0.411 e. The van der Waals surface area contributed by atoms with E-state index in [1.807, 2.05) is 36.2 Å². The highest BCUT2D eigenvalue weighted by Gasteiger charge is 2.49. The Labute approximate surface area is 335 Å². The van der Waals surface area contributed by atoms with Crippen LogP contribution in [0.2, 0.25) is 5.02 Å². The van der Waals surface area contributed by atoms with E-state index in [1.54, 1.807) is 44.0 Å². The Bertz CT molecular complexity index is 2280. The zero-order valence-electron chi connectivity index (χ0n) is 32.6. The molecule has 6 heterocycles. The van der Waals surface area contributed by atoms with E-state index < -0.39 is 35.3 Å². The number of likely N-dealkylation sites (N-methyl/N-ethyl adjacent to an activating group) is 1. The van der Waals surface area contributed by atoms with Crippen molar-refractivity contribution in [3.05, 3.63) is 53.4 Å². The number of halogens is 3. The van der Waals surface area contributed by atoms with Gasteiger partial charge in [0.1, 0.15) is 41.4 Å². The second-order valence-corrected chi connectivity index (χ2v) is 16.8. The van der Waals surface area contributed by atoms with Gasteiger partial charge in [-0.1, -0.05) is 47.9 Å². The van der Waals surface area contributed by atoms with Crippen molar-refractivity contribution < 1.29 is 32.6 Å². The van der Waals surface area contributed by atoms with Crippen molar-refractivity contribution in [2.45, 2.75) is 75.8 Å². The van der Waals surface area contributed by atoms with E-state index in [-0.39, 0.29) is 42.4 Å². The molecule has 300 valence electrons. The van der Waals surface area contributed by atoms with Crippen LogP contribution in [-0.2, 0) is 14.3 Å². The number of pyridine rings is 1. The minimum atomic E-state index is -0.940. The third kappa shape index (κ3) is 7.77. The molecule has 0 spiro atoms. The molecule has 2 aromatic carbocycles. The van der Waals surface area contributed by atoms with Crippen LogP contribution in [0, 0.1) is 17.7 Å². The molecule has 0 aliphatic carbocycles. The Hall–Kier alpha value is -4.84. The molecule has 0 radical (unpaired) electrons. The number of nitrogens with zero attached hydrogens (tertiary/aromatic N) is 7. The zero-order valence-corrected chi connectivity index (χ0v) is 33.3. The fraction of sp³-hybridized carbons (Fsp3) is 0.500. The molecule has 12 nitrogen and oxygen atoms in total. The van der Waals surface area contributed by atoms with E-state index in [1.165, 1.54) is 4.90 Å². The number of aromatic nitrogens is 3. The normalized spacial score (nSPS) is 23.7. The van der Waals surface area contributed by atoms with Crippen LogP contribution in [0.3, 0.4) is 0 Å². The van der Waals surface area contributed by atoms with Crippen LogP contribution in [0.5, 0.6) is 6.01 Å². The number of likely N-dealkylation sites (tertiary alicyclic amines) is 1. The van der Waals surface area contributed by atoms with Crippen molar-refractivity contribution in [1.29, 1.82) is 0 Å². The van der Waals surface area contributed by atoms with Crippen LogP contribution < -0.4 is 9.64 Å². The second-order valence-electron chi connectivity index (χ2n) is 16.4. The van der Waals surface area contributed by atoms with Gasteiger partial charge in [0.05, 0.1) is 24.1 Å². The first-order valence-corrected chi connectivity index (χ1v) is 19.8. The Kier molecular flexibility index (Phi) is 10.6. The SMILES string of the molecule is CN(c1nc(OC[C@@]23CCCN2C[C@H](F)C3)nc2c(F)c(-c3cccc4cccc(Cl)c34)ncc12)[C@@H]1CCN(C(=O)C#CC2COCCN2C(=O)OC(C)(C)C)C1. The average molecular weight is 802 g/mol. The van der Waals surface area contributed by atoms with Crippen LogP contribution in [0.1, 0.15) is 46.5 Å². The summed E-state index contributed by atoms with van der Waals surface area (Å²) >= 11 is 6.64. The number of alkyl halides is 1. The van der Waals surface area contributed by atoms with Gasteiger partial charge in [-0.15, -0.1) is 0 Å². The van der Waals surface area contributed by atoms with E-state index in [0.29, 0.717) is 72.8 Å². The lowest BCUT2D eigenvalue weighted by Gasteiger charge is -2.34. The molecule has 4 fully saturated rings. The van der Waals surface area contributed by atoms with Gasteiger partial charge in [-0.3, -0.25) is 19.6 Å². The van der Waals surface area contributed by atoms with Crippen LogP contribution in [0.25, 0.3) is 32.9 Å². The molecule has 4 aliphatic rings. The number of fused-ring (bicyclic) bond motifs is 3. The lowest BCUT2D eigenvalue weighted by molar-refractivity contribution is -0.124. The molecule has 2 amide bonds. The minimum Gasteiger partial charge on any atom is -0.461 e. The largest absolute Gasteiger partial charge is 0.461 e. The summed E-state index contributed by atoms with van der Waals surface area (Å²) in [5.41, 5.74) is -0.516. The van der Waals surface area contributed by atoms with E-state index >= 15 is 4.39 Å². The highest BCUT2D eigenvalue weighted by atomic mass is 35.5. The summed E-state index contributed by atoms with van der Waals surface area (Å²) in [6.45, 7) is 8.29. The molecule has 1 unspecified atom stereocenters. The van der Waals surface area contributed by atoms with Crippen LogP contribution in [0.15, 0.2) is 42.6 Å². The van der Waals surface area contributed by atoms with Crippen molar-refractivity contribution in [3.8, 4) is 29.1 Å². The molecule has 0 N–H and O–H groups in total. The first-order valence-electron chi connectivity index (χ1n) is 19.5. The summed E-state index contributed by atoms with van der Waals surface area (Å²) in [4.78, 5) is 47.5. The molecule has 4 atom stereocenters. The number of ether oxygens (including phenoxy) is 3. The molecule has 4 saturated heterocycles. The lowest BCUT2D eigenvalue weighted by Crippen LogP contribution is -2.49. The summed E-state index contributed by atoms with van der Waals surface area (Å²) in [6.07, 6.45) is 2.80. The standard InChI is InChI=1S/C42H46ClF2N7O5/c1-41(2,3)57-40(54)52-18-19-55-24-29(52)12-13-33(53)50-17-14-28(23-50)49(4)38-31-21-46-36(30-10-5-8-26-9-6-11-32(43)34(26)30)35(45)37(31)47-39(48-38)56-25-42-15-7-16-51(42)22-27(44)20-42/h5-6,8-11,21,27-29H,7,14-20,22-25H2,1-4H3/t27-,28-,29?,42+/m1/s1. The fourth-order valence-corrected chi connectivity index (χ4v) is 8.87. The van der Waals surface area contributed by atoms with E-state index in [9.17, 15) is 14.0 Å². The van der Waals surface area contributed by atoms with Gasteiger partial charge in [0, 0.05) is 67.9 Å². The monoisotopic (exact) mass is 801 g/mol.